The van der Waals surface area contributed by atoms with Crippen molar-refractivity contribution in [1.29, 1.82) is 0 Å². The van der Waals surface area contributed by atoms with Crippen molar-refractivity contribution in [2.24, 2.45) is 0 Å². The van der Waals surface area contributed by atoms with E-state index < -0.39 is 11.9 Å². The van der Waals surface area contributed by atoms with Crippen LogP contribution >= 0.6 is 0 Å². The van der Waals surface area contributed by atoms with Gasteiger partial charge in [-0.25, -0.2) is 9.59 Å². The Hall–Kier alpha value is -2.50. The van der Waals surface area contributed by atoms with Crippen molar-refractivity contribution in [2.45, 2.75) is 0 Å². The number of hydrogen-bond acceptors (Lipinski definition) is 6. The second kappa shape index (κ2) is 7.05. The molecule has 0 aromatic heterocycles. The van der Waals surface area contributed by atoms with Crippen LogP contribution < -0.4 is 14.2 Å². The lowest BCUT2D eigenvalue weighted by atomic mass is 10.3. The zero-order valence-corrected chi connectivity index (χ0v) is 10.8. The molecule has 1 rings (SSSR count). The lowest BCUT2D eigenvalue weighted by molar-refractivity contribution is -0.135. The minimum atomic E-state index is -0.708. The van der Waals surface area contributed by atoms with Crippen molar-refractivity contribution in [3.05, 3.63) is 30.4 Å². The highest BCUT2D eigenvalue weighted by Gasteiger charge is 2.06. The van der Waals surface area contributed by atoms with Gasteiger partial charge in [0, 0.05) is 30.4 Å². The van der Waals surface area contributed by atoms with Crippen LogP contribution in [0.3, 0.4) is 0 Å². The molecule has 1 aromatic rings. The summed E-state index contributed by atoms with van der Waals surface area (Å²) < 4.78 is 19.4. The average Bonchev–Trinajstić information content (AvgIpc) is 2.44. The van der Waals surface area contributed by atoms with E-state index in [9.17, 15) is 9.59 Å². The molecule has 6 nitrogen and oxygen atoms in total. The molecule has 0 bridgehead atoms. The number of esters is 2. The van der Waals surface area contributed by atoms with Crippen LogP contribution in [0.5, 0.6) is 17.2 Å². The Labute approximate surface area is 110 Å². The zero-order valence-electron chi connectivity index (χ0n) is 10.8. The zero-order chi connectivity index (χ0) is 14.3. The summed E-state index contributed by atoms with van der Waals surface area (Å²) in [6.07, 6.45) is 1.94. The summed E-state index contributed by atoms with van der Waals surface area (Å²) in [6, 6.07) is 4.68. The molecule has 0 aliphatic heterocycles. The second-order valence-electron chi connectivity index (χ2n) is 3.33. The molecule has 1 aromatic carbocycles. The summed E-state index contributed by atoms with van der Waals surface area (Å²) in [5, 5.41) is 0. The summed E-state index contributed by atoms with van der Waals surface area (Å²) in [4.78, 5) is 22.2. The number of methoxy groups -OCH3 is 3. The molecule has 0 aliphatic rings. The molecule has 102 valence electrons. The number of carbonyl (C=O) groups excluding carboxylic acids is 2. The largest absolute Gasteiger partial charge is 0.496 e. The Morgan fingerprint density at radius 3 is 1.79 bits per heavy atom. The Morgan fingerprint density at radius 2 is 1.32 bits per heavy atom. The third-order valence-corrected chi connectivity index (χ3v) is 2.10. The van der Waals surface area contributed by atoms with Crippen LogP contribution in [0.4, 0.5) is 0 Å². The van der Waals surface area contributed by atoms with Crippen molar-refractivity contribution in [3.63, 3.8) is 0 Å². The van der Waals surface area contributed by atoms with Gasteiger partial charge in [0.1, 0.15) is 17.2 Å². The average molecular weight is 266 g/mol. The Morgan fingerprint density at radius 1 is 0.842 bits per heavy atom. The predicted octanol–water partition coefficient (Wildman–Crippen LogP) is 1.34. The van der Waals surface area contributed by atoms with Crippen LogP contribution in [0.25, 0.3) is 0 Å². The van der Waals surface area contributed by atoms with Crippen molar-refractivity contribution < 1.29 is 28.5 Å². The lowest BCUT2D eigenvalue weighted by Crippen LogP contribution is -2.06. The normalized spacial score (nSPS) is 10.1. The fourth-order valence-electron chi connectivity index (χ4n) is 1.19. The van der Waals surface area contributed by atoms with Gasteiger partial charge in [-0.05, 0) is 0 Å². The van der Waals surface area contributed by atoms with Crippen LogP contribution in [-0.4, -0.2) is 33.3 Å². The minimum absolute atomic E-state index is 0.246. The summed E-state index contributed by atoms with van der Waals surface area (Å²) in [7, 11) is 4.18. The summed E-state index contributed by atoms with van der Waals surface area (Å²) in [5.41, 5.74) is 0. The molecular weight excluding hydrogens is 252 g/mol. The molecule has 0 unspecified atom stereocenters. The van der Waals surface area contributed by atoms with Crippen molar-refractivity contribution >= 4 is 11.9 Å². The maximum atomic E-state index is 11.4. The fraction of sp³-hybridized carbons (Fsp3) is 0.231. The molecule has 0 spiro atoms. The lowest BCUT2D eigenvalue weighted by Gasteiger charge is -2.07. The van der Waals surface area contributed by atoms with E-state index in [4.69, 9.17) is 14.2 Å². The molecule has 0 atom stereocenters. The van der Waals surface area contributed by atoms with Gasteiger partial charge >= 0.3 is 11.9 Å². The van der Waals surface area contributed by atoms with Crippen LogP contribution in [0, 0.1) is 0 Å². The third kappa shape index (κ3) is 4.71. The van der Waals surface area contributed by atoms with Gasteiger partial charge in [-0.1, -0.05) is 0 Å². The van der Waals surface area contributed by atoms with Crippen LogP contribution in [0.1, 0.15) is 0 Å². The number of hydrogen-bond donors (Lipinski definition) is 0. The smallest absolute Gasteiger partial charge is 0.336 e. The van der Waals surface area contributed by atoms with Gasteiger partial charge in [-0.15, -0.1) is 0 Å². The fourth-order valence-corrected chi connectivity index (χ4v) is 1.19. The van der Waals surface area contributed by atoms with Crippen LogP contribution in [0.15, 0.2) is 30.4 Å². The highest BCUT2D eigenvalue weighted by atomic mass is 16.5. The van der Waals surface area contributed by atoms with Gasteiger partial charge < -0.3 is 18.9 Å². The maximum absolute atomic E-state index is 11.4. The highest BCUT2D eigenvalue weighted by molar-refractivity contribution is 5.92. The number of carbonyl (C=O) groups is 2. The Balaban J connectivity index is 2.78. The van der Waals surface area contributed by atoms with Gasteiger partial charge in [0.25, 0.3) is 0 Å². The molecule has 0 heterocycles. The van der Waals surface area contributed by atoms with Gasteiger partial charge in [0.15, 0.2) is 0 Å². The van der Waals surface area contributed by atoms with Crippen LogP contribution in [-0.2, 0) is 14.3 Å². The molecule has 19 heavy (non-hydrogen) atoms. The molecule has 0 fully saturated rings. The van der Waals surface area contributed by atoms with Crippen molar-refractivity contribution in [3.8, 4) is 17.2 Å². The molecule has 0 radical (unpaired) electrons. The van der Waals surface area contributed by atoms with Gasteiger partial charge in [0.2, 0.25) is 0 Å². The molecule has 0 saturated carbocycles. The van der Waals surface area contributed by atoms with E-state index in [2.05, 4.69) is 4.74 Å². The maximum Gasteiger partial charge on any atom is 0.336 e. The molecular formula is C13H14O6. The highest BCUT2D eigenvalue weighted by Crippen LogP contribution is 2.27. The van der Waals surface area contributed by atoms with E-state index in [0.717, 1.165) is 12.2 Å². The summed E-state index contributed by atoms with van der Waals surface area (Å²) >= 11 is 0. The first-order valence-corrected chi connectivity index (χ1v) is 5.30. The first kappa shape index (κ1) is 14.6. The van der Waals surface area contributed by atoms with Crippen molar-refractivity contribution in [1.82, 2.24) is 0 Å². The quantitative estimate of drug-likeness (QED) is 0.455. The van der Waals surface area contributed by atoms with Gasteiger partial charge in [-0.2, -0.15) is 0 Å². The first-order chi connectivity index (χ1) is 9.08. The number of benzene rings is 1. The third-order valence-electron chi connectivity index (χ3n) is 2.10. The summed E-state index contributed by atoms with van der Waals surface area (Å²) in [6.45, 7) is 0. The summed E-state index contributed by atoms with van der Waals surface area (Å²) in [5.74, 6) is -0.130. The first-order valence-electron chi connectivity index (χ1n) is 5.30. The molecule has 0 N–H and O–H groups in total. The SMILES string of the molecule is COC(=O)/C=C\C(=O)Oc1cc(OC)cc(OC)c1. The molecule has 0 amide bonds. The second-order valence-corrected chi connectivity index (χ2v) is 3.33. The molecule has 0 aliphatic carbocycles. The number of rotatable bonds is 5. The number of ether oxygens (including phenoxy) is 4. The molecule has 6 heteroatoms. The van der Waals surface area contributed by atoms with E-state index in [1.807, 2.05) is 0 Å². The van der Waals surface area contributed by atoms with Gasteiger partial charge in [-0.3, -0.25) is 0 Å². The van der Waals surface area contributed by atoms with E-state index in [1.165, 1.54) is 33.5 Å². The monoisotopic (exact) mass is 266 g/mol. The van der Waals surface area contributed by atoms with Crippen molar-refractivity contribution in [2.75, 3.05) is 21.3 Å². The minimum Gasteiger partial charge on any atom is -0.496 e. The Bertz CT molecular complexity index is 470. The molecule has 0 saturated heterocycles. The van der Waals surface area contributed by atoms with E-state index in [-0.39, 0.29) is 5.75 Å². The van der Waals surface area contributed by atoms with E-state index in [1.54, 1.807) is 6.07 Å². The standard InChI is InChI=1S/C13H14O6/c1-16-9-6-10(17-2)8-11(7-9)19-13(15)5-4-12(14)18-3/h4-8H,1-3H3/b5-4-. The Kier molecular flexibility index (Phi) is 5.40. The van der Waals surface area contributed by atoms with Crippen LogP contribution in [0.2, 0.25) is 0 Å². The van der Waals surface area contributed by atoms with E-state index in [0.29, 0.717) is 11.5 Å². The van der Waals surface area contributed by atoms with Gasteiger partial charge in [0.05, 0.1) is 21.3 Å². The van der Waals surface area contributed by atoms with E-state index >= 15 is 0 Å². The predicted molar refractivity (Wildman–Crippen MR) is 66.3 cm³/mol. The topological polar surface area (TPSA) is 71.1 Å².